The Balaban J connectivity index is 2.35. The molecule has 0 unspecified atom stereocenters. The summed E-state index contributed by atoms with van der Waals surface area (Å²) in [6.07, 6.45) is 1.43. The van der Waals surface area contributed by atoms with E-state index < -0.39 is 41.7 Å². The van der Waals surface area contributed by atoms with E-state index in [1.807, 2.05) is 0 Å². The van der Waals surface area contributed by atoms with Crippen LogP contribution in [0, 0.1) is 11.8 Å². The van der Waals surface area contributed by atoms with Gasteiger partial charge in [0, 0.05) is 17.5 Å². The van der Waals surface area contributed by atoms with E-state index in [1.54, 1.807) is 24.3 Å². The normalized spacial score (nSPS) is 12.9. The third kappa shape index (κ3) is 4.25. The predicted octanol–water partition coefficient (Wildman–Crippen LogP) is 1.02. The summed E-state index contributed by atoms with van der Waals surface area (Å²) in [6, 6.07) is 6.80. The molecule has 0 spiro atoms. The van der Waals surface area contributed by atoms with Crippen LogP contribution in [-0.4, -0.2) is 54.2 Å². The minimum atomic E-state index is -1.54. The molecule has 0 aliphatic rings. The van der Waals surface area contributed by atoms with Crippen molar-refractivity contribution < 1.29 is 33.8 Å². The van der Waals surface area contributed by atoms with E-state index in [2.05, 4.69) is 19.8 Å². The van der Waals surface area contributed by atoms with Gasteiger partial charge >= 0.3 is 17.9 Å². The van der Waals surface area contributed by atoms with Crippen molar-refractivity contribution >= 4 is 34.7 Å². The van der Waals surface area contributed by atoms with Crippen LogP contribution in [0.4, 0.5) is 0 Å². The lowest BCUT2D eigenvalue weighted by atomic mass is 9.87. The maximum atomic E-state index is 12.7. The largest absolute Gasteiger partial charge is 0.480 e. The summed E-state index contributed by atoms with van der Waals surface area (Å²) in [6.45, 7) is 1.35. The Kier molecular flexibility index (Phi) is 6.64. The Morgan fingerprint density at radius 2 is 1.64 bits per heavy atom. The molecule has 1 aromatic carbocycles. The van der Waals surface area contributed by atoms with Crippen molar-refractivity contribution in [2.45, 2.75) is 13.0 Å². The number of benzene rings is 1. The minimum Gasteiger partial charge on any atom is -0.480 e. The van der Waals surface area contributed by atoms with Crippen molar-refractivity contribution in [3.05, 3.63) is 42.1 Å². The van der Waals surface area contributed by atoms with Crippen LogP contribution in [0.15, 0.2) is 36.5 Å². The summed E-state index contributed by atoms with van der Waals surface area (Å²) in [5.41, 5.74) is 0.786. The summed E-state index contributed by atoms with van der Waals surface area (Å²) in [4.78, 5) is 52.6. The standard InChI is InChI=1S/C19H20N2O7/c1-10(14(18(25)27-2)19(26)28-3)15(17(23)24)21-16(22)12-8-9-20-13-7-5-4-6-11(12)13/h4-10,14-15H,1-3H3,(H,21,22)(H,23,24)/t10-,15+/m0/s1. The molecule has 1 amide bonds. The summed E-state index contributed by atoms with van der Waals surface area (Å²) in [5, 5.41) is 12.5. The molecular formula is C19H20N2O7. The number of carboxylic acids is 1. The summed E-state index contributed by atoms with van der Waals surface area (Å²) in [5.74, 6) is -6.62. The molecule has 0 saturated carbocycles. The number of aromatic nitrogens is 1. The highest BCUT2D eigenvalue weighted by molar-refractivity contribution is 6.07. The van der Waals surface area contributed by atoms with Gasteiger partial charge in [-0.25, -0.2) is 4.79 Å². The molecule has 2 N–H and O–H groups in total. The summed E-state index contributed by atoms with van der Waals surface area (Å²) in [7, 11) is 2.14. The van der Waals surface area contributed by atoms with E-state index in [1.165, 1.54) is 19.2 Å². The van der Waals surface area contributed by atoms with Gasteiger partial charge in [-0.15, -0.1) is 0 Å². The van der Waals surface area contributed by atoms with Crippen molar-refractivity contribution in [1.29, 1.82) is 0 Å². The molecule has 9 nitrogen and oxygen atoms in total. The number of para-hydroxylation sites is 1. The fourth-order valence-corrected chi connectivity index (χ4v) is 2.90. The second-order valence-corrected chi connectivity index (χ2v) is 6.05. The van der Waals surface area contributed by atoms with E-state index in [0.717, 1.165) is 14.2 Å². The van der Waals surface area contributed by atoms with Crippen molar-refractivity contribution in [3.8, 4) is 0 Å². The number of amides is 1. The number of hydrogen-bond donors (Lipinski definition) is 2. The van der Waals surface area contributed by atoms with Gasteiger partial charge in [-0.1, -0.05) is 25.1 Å². The molecule has 1 aromatic heterocycles. The van der Waals surface area contributed by atoms with Gasteiger partial charge in [0.05, 0.1) is 25.3 Å². The quantitative estimate of drug-likeness (QED) is 0.531. The van der Waals surface area contributed by atoms with Crippen LogP contribution in [0.25, 0.3) is 10.9 Å². The van der Waals surface area contributed by atoms with Crippen LogP contribution in [0.3, 0.4) is 0 Å². The Labute approximate surface area is 160 Å². The highest BCUT2D eigenvalue weighted by Gasteiger charge is 2.42. The monoisotopic (exact) mass is 388 g/mol. The molecule has 0 aliphatic carbocycles. The molecule has 0 saturated heterocycles. The van der Waals surface area contributed by atoms with Crippen LogP contribution in [0.5, 0.6) is 0 Å². The lowest BCUT2D eigenvalue weighted by Gasteiger charge is -2.26. The molecule has 0 bridgehead atoms. The molecular weight excluding hydrogens is 368 g/mol. The van der Waals surface area contributed by atoms with Gasteiger partial charge < -0.3 is 19.9 Å². The van der Waals surface area contributed by atoms with E-state index in [4.69, 9.17) is 0 Å². The van der Waals surface area contributed by atoms with Crippen LogP contribution < -0.4 is 5.32 Å². The van der Waals surface area contributed by atoms with Crippen molar-refractivity contribution in [3.63, 3.8) is 0 Å². The number of nitrogens with zero attached hydrogens (tertiary/aromatic N) is 1. The molecule has 0 radical (unpaired) electrons. The first-order valence-corrected chi connectivity index (χ1v) is 8.34. The zero-order valence-corrected chi connectivity index (χ0v) is 15.5. The zero-order chi connectivity index (χ0) is 20.8. The number of ether oxygens (including phenoxy) is 2. The number of pyridine rings is 1. The van der Waals surface area contributed by atoms with Crippen LogP contribution >= 0.6 is 0 Å². The molecule has 2 rings (SSSR count). The Bertz CT molecular complexity index is 891. The number of rotatable bonds is 7. The number of methoxy groups -OCH3 is 2. The predicted molar refractivity (Wildman–Crippen MR) is 97.3 cm³/mol. The lowest BCUT2D eigenvalue weighted by molar-refractivity contribution is -0.162. The minimum absolute atomic E-state index is 0.219. The number of nitrogens with one attached hydrogen (secondary N) is 1. The van der Waals surface area contributed by atoms with Crippen molar-refractivity contribution in [1.82, 2.24) is 10.3 Å². The Morgan fingerprint density at radius 1 is 1.04 bits per heavy atom. The fraction of sp³-hybridized carbons (Fsp3) is 0.316. The van der Waals surface area contributed by atoms with Crippen molar-refractivity contribution in [2.24, 2.45) is 11.8 Å². The van der Waals surface area contributed by atoms with Gasteiger partial charge in [0.2, 0.25) is 0 Å². The highest BCUT2D eigenvalue weighted by Crippen LogP contribution is 2.21. The van der Waals surface area contributed by atoms with Gasteiger partial charge in [-0.2, -0.15) is 0 Å². The maximum absolute atomic E-state index is 12.7. The third-order valence-electron chi connectivity index (χ3n) is 4.41. The average Bonchev–Trinajstić information content (AvgIpc) is 2.70. The molecule has 2 aromatic rings. The first kappa shape index (κ1) is 20.8. The van der Waals surface area contributed by atoms with Crippen LogP contribution in [-0.2, 0) is 23.9 Å². The van der Waals surface area contributed by atoms with Crippen LogP contribution in [0.2, 0.25) is 0 Å². The van der Waals surface area contributed by atoms with Crippen molar-refractivity contribution in [2.75, 3.05) is 14.2 Å². The van der Waals surface area contributed by atoms with Gasteiger partial charge in [-0.05, 0) is 12.1 Å². The molecule has 9 heteroatoms. The first-order valence-electron chi connectivity index (χ1n) is 8.34. The lowest BCUT2D eigenvalue weighted by Crippen LogP contribution is -2.50. The average molecular weight is 388 g/mol. The van der Waals surface area contributed by atoms with Crippen LogP contribution in [0.1, 0.15) is 17.3 Å². The van der Waals surface area contributed by atoms with Gasteiger partial charge in [0.15, 0.2) is 5.92 Å². The number of carboxylic acid groups (broad SMARTS) is 1. The van der Waals surface area contributed by atoms with Gasteiger partial charge in [-0.3, -0.25) is 19.4 Å². The maximum Gasteiger partial charge on any atom is 0.326 e. The highest BCUT2D eigenvalue weighted by atomic mass is 16.5. The second-order valence-electron chi connectivity index (χ2n) is 6.05. The summed E-state index contributed by atoms with van der Waals surface area (Å²) < 4.78 is 9.16. The SMILES string of the molecule is COC(=O)C(C(=O)OC)[C@H](C)[C@@H](NC(=O)c1ccnc2ccccc12)C(=O)O. The number of aliphatic carboxylic acids is 1. The third-order valence-corrected chi connectivity index (χ3v) is 4.41. The number of fused-ring (bicyclic) bond motifs is 1. The smallest absolute Gasteiger partial charge is 0.326 e. The second kappa shape index (κ2) is 8.94. The number of carbonyl (C=O) groups is 4. The summed E-state index contributed by atoms with van der Waals surface area (Å²) >= 11 is 0. The Hall–Kier alpha value is -3.49. The number of hydrogen-bond acceptors (Lipinski definition) is 7. The van der Waals surface area contributed by atoms with Gasteiger partial charge in [0.1, 0.15) is 6.04 Å². The molecule has 28 heavy (non-hydrogen) atoms. The molecule has 148 valence electrons. The molecule has 2 atom stereocenters. The number of carbonyl (C=O) groups excluding carboxylic acids is 3. The molecule has 0 fully saturated rings. The fourth-order valence-electron chi connectivity index (χ4n) is 2.90. The van der Waals surface area contributed by atoms with Gasteiger partial charge in [0.25, 0.3) is 5.91 Å². The van der Waals surface area contributed by atoms with E-state index >= 15 is 0 Å². The molecule has 1 heterocycles. The number of esters is 2. The topological polar surface area (TPSA) is 132 Å². The van der Waals surface area contributed by atoms with E-state index in [9.17, 15) is 24.3 Å². The first-order chi connectivity index (χ1) is 13.3. The molecule has 0 aliphatic heterocycles. The van der Waals surface area contributed by atoms with E-state index in [0.29, 0.717) is 10.9 Å². The zero-order valence-electron chi connectivity index (χ0n) is 15.5. The Morgan fingerprint density at radius 3 is 2.21 bits per heavy atom. The van der Waals surface area contributed by atoms with E-state index in [-0.39, 0.29) is 5.56 Å².